The largest absolute Gasteiger partial charge is 0.477 e. The van der Waals surface area contributed by atoms with Crippen molar-refractivity contribution in [2.75, 3.05) is 18.5 Å². The Morgan fingerprint density at radius 2 is 2.25 bits per heavy atom. The lowest BCUT2D eigenvalue weighted by molar-refractivity contribution is 0.0701. The summed E-state index contributed by atoms with van der Waals surface area (Å²) in [5.41, 5.74) is 0.690. The summed E-state index contributed by atoms with van der Waals surface area (Å²) in [6.45, 7) is 4.63. The molecule has 0 saturated carbocycles. The van der Waals surface area contributed by atoms with Gasteiger partial charge in [0.2, 0.25) is 0 Å². The van der Waals surface area contributed by atoms with Crippen molar-refractivity contribution in [3.05, 3.63) is 16.8 Å². The molecule has 2 aromatic heterocycles. The number of fused-ring (bicyclic) bond motifs is 1. The van der Waals surface area contributed by atoms with E-state index in [-0.39, 0.29) is 6.61 Å². The number of nitrogens with one attached hydrogen (secondary N) is 1. The maximum atomic E-state index is 11.2. The third kappa shape index (κ3) is 2.88. The fraction of sp³-hybridized carbons (Fsp3) is 0.462. The van der Waals surface area contributed by atoms with Crippen LogP contribution in [0.25, 0.3) is 10.2 Å². The van der Waals surface area contributed by atoms with Gasteiger partial charge in [0.15, 0.2) is 0 Å². The van der Waals surface area contributed by atoms with E-state index >= 15 is 0 Å². The lowest BCUT2D eigenvalue weighted by Gasteiger charge is -2.12. The molecule has 3 N–H and O–H groups in total. The molecule has 0 radical (unpaired) electrons. The number of thiophene rings is 1. The fourth-order valence-corrected chi connectivity index (χ4v) is 2.99. The molecule has 6 nitrogen and oxygen atoms in total. The molecule has 108 valence electrons. The van der Waals surface area contributed by atoms with Crippen LogP contribution in [0.2, 0.25) is 0 Å². The number of carbonyl (C=O) groups is 1. The minimum atomic E-state index is -0.940. The Hall–Kier alpha value is -1.73. The van der Waals surface area contributed by atoms with Crippen LogP contribution >= 0.6 is 11.3 Å². The first-order valence-electron chi connectivity index (χ1n) is 6.36. The highest BCUT2D eigenvalue weighted by Crippen LogP contribution is 2.33. The van der Waals surface area contributed by atoms with Crippen molar-refractivity contribution < 1.29 is 15.0 Å². The highest BCUT2D eigenvalue weighted by atomic mass is 32.1. The quantitative estimate of drug-likeness (QED) is 0.755. The van der Waals surface area contributed by atoms with Gasteiger partial charge in [0.1, 0.15) is 21.9 Å². The van der Waals surface area contributed by atoms with Crippen molar-refractivity contribution in [1.82, 2.24) is 9.97 Å². The van der Waals surface area contributed by atoms with Crippen LogP contribution < -0.4 is 5.32 Å². The van der Waals surface area contributed by atoms with Crippen LogP contribution in [-0.2, 0) is 0 Å². The highest BCUT2D eigenvalue weighted by molar-refractivity contribution is 7.20. The number of aliphatic hydroxyl groups is 1. The third-order valence-electron chi connectivity index (χ3n) is 3.16. The second-order valence-electron chi connectivity index (χ2n) is 4.76. The fourth-order valence-electron chi connectivity index (χ4n) is 2.00. The number of aromatic carboxylic acids is 1. The molecule has 20 heavy (non-hydrogen) atoms. The molecule has 0 saturated heterocycles. The van der Waals surface area contributed by atoms with Crippen LogP contribution in [0.3, 0.4) is 0 Å². The number of aromatic nitrogens is 2. The van der Waals surface area contributed by atoms with Gasteiger partial charge in [-0.15, -0.1) is 11.3 Å². The monoisotopic (exact) mass is 295 g/mol. The van der Waals surface area contributed by atoms with Crippen LogP contribution in [0.15, 0.2) is 6.33 Å². The van der Waals surface area contributed by atoms with E-state index in [1.807, 2.05) is 6.92 Å². The first kappa shape index (κ1) is 14.7. The van der Waals surface area contributed by atoms with E-state index in [0.717, 1.165) is 16.7 Å². The van der Waals surface area contributed by atoms with Gasteiger partial charge in [-0.2, -0.15) is 0 Å². The minimum absolute atomic E-state index is 0.155. The van der Waals surface area contributed by atoms with Crippen molar-refractivity contribution in [3.8, 4) is 0 Å². The number of carboxylic acid groups (broad SMARTS) is 1. The van der Waals surface area contributed by atoms with Gasteiger partial charge >= 0.3 is 5.97 Å². The van der Waals surface area contributed by atoms with Crippen molar-refractivity contribution >= 4 is 33.3 Å². The number of hydrogen-bond acceptors (Lipinski definition) is 6. The predicted molar refractivity (Wildman–Crippen MR) is 78.5 cm³/mol. The van der Waals surface area contributed by atoms with Crippen molar-refractivity contribution in [3.63, 3.8) is 0 Å². The SMILES string of the molecule is Cc1c(C(=O)O)sc2ncnc(NCC(C)CCO)c12. The molecule has 0 spiro atoms. The zero-order valence-electron chi connectivity index (χ0n) is 11.4. The maximum Gasteiger partial charge on any atom is 0.346 e. The lowest BCUT2D eigenvalue weighted by Crippen LogP contribution is -2.13. The molecule has 0 aliphatic rings. The Morgan fingerprint density at radius 3 is 2.90 bits per heavy atom. The van der Waals surface area contributed by atoms with E-state index in [2.05, 4.69) is 15.3 Å². The second kappa shape index (κ2) is 6.15. The highest BCUT2D eigenvalue weighted by Gasteiger charge is 2.18. The number of carboxylic acids is 1. The van der Waals surface area contributed by atoms with Gasteiger partial charge < -0.3 is 15.5 Å². The van der Waals surface area contributed by atoms with Gasteiger partial charge in [-0.1, -0.05) is 6.92 Å². The molecule has 2 heterocycles. The molecule has 0 aromatic carbocycles. The van der Waals surface area contributed by atoms with E-state index in [1.165, 1.54) is 6.33 Å². The summed E-state index contributed by atoms with van der Waals surface area (Å²) in [4.78, 5) is 20.5. The zero-order valence-corrected chi connectivity index (χ0v) is 12.2. The van der Waals surface area contributed by atoms with E-state index in [4.69, 9.17) is 10.2 Å². The average Bonchev–Trinajstić information content (AvgIpc) is 2.75. The van der Waals surface area contributed by atoms with Crippen LogP contribution in [0.1, 0.15) is 28.6 Å². The lowest BCUT2D eigenvalue weighted by atomic mass is 10.1. The summed E-state index contributed by atoms with van der Waals surface area (Å²) in [5, 5.41) is 22.0. The second-order valence-corrected chi connectivity index (χ2v) is 5.76. The van der Waals surface area contributed by atoms with Gasteiger partial charge in [-0.05, 0) is 24.8 Å². The van der Waals surface area contributed by atoms with Gasteiger partial charge in [0, 0.05) is 13.2 Å². The van der Waals surface area contributed by atoms with Crippen molar-refractivity contribution in [2.24, 2.45) is 5.92 Å². The standard InChI is InChI=1S/C13H17N3O3S/c1-7(3-4-17)5-14-11-9-8(2)10(13(18)19)20-12(9)16-6-15-11/h6-7,17H,3-5H2,1-2H3,(H,18,19)(H,14,15,16). The van der Waals surface area contributed by atoms with Crippen LogP contribution in [0, 0.1) is 12.8 Å². The number of anilines is 1. The summed E-state index contributed by atoms with van der Waals surface area (Å²) in [6.07, 6.45) is 2.15. The molecular formula is C13H17N3O3S. The summed E-state index contributed by atoms with van der Waals surface area (Å²) in [5.74, 6) is 0.0223. The molecule has 0 aliphatic carbocycles. The Bertz CT molecular complexity index is 627. The number of aryl methyl sites for hydroxylation is 1. The maximum absolute atomic E-state index is 11.2. The summed E-state index contributed by atoms with van der Waals surface area (Å²) in [7, 11) is 0. The minimum Gasteiger partial charge on any atom is -0.477 e. The van der Waals surface area contributed by atoms with Crippen molar-refractivity contribution in [1.29, 1.82) is 0 Å². The van der Waals surface area contributed by atoms with Crippen LogP contribution in [-0.4, -0.2) is 39.3 Å². The Balaban J connectivity index is 2.32. The normalized spacial score (nSPS) is 12.6. The van der Waals surface area contributed by atoms with E-state index in [9.17, 15) is 4.79 Å². The molecule has 0 amide bonds. The van der Waals surface area contributed by atoms with E-state index in [0.29, 0.717) is 40.0 Å². The molecule has 2 aromatic rings. The third-order valence-corrected chi connectivity index (χ3v) is 4.35. The molecular weight excluding hydrogens is 278 g/mol. The van der Waals surface area contributed by atoms with Crippen LogP contribution in [0.5, 0.6) is 0 Å². The number of nitrogens with zero attached hydrogens (tertiary/aromatic N) is 2. The molecule has 1 unspecified atom stereocenters. The zero-order chi connectivity index (χ0) is 14.7. The number of aliphatic hydroxyl groups excluding tert-OH is 1. The summed E-state index contributed by atoms with van der Waals surface area (Å²) >= 11 is 1.16. The Morgan fingerprint density at radius 1 is 1.50 bits per heavy atom. The molecule has 0 aliphatic heterocycles. The van der Waals surface area contributed by atoms with Crippen LogP contribution in [0.4, 0.5) is 5.82 Å². The molecule has 1 atom stereocenters. The first-order chi connectivity index (χ1) is 9.54. The average molecular weight is 295 g/mol. The predicted octanol–water partition coefficient (Wildman–Crippen LogP) is 2.13. The number of hydrogen-bond donors (Lipinski definition) is 3. The van der Waals surface area contributed by atoms with Crippen molar-refractivity contribution in [2.45, 2.75) is 20.3 Å². The first-order valence-corrected chi connectivity index (χ1v) is 7.18. The smallest absolute Gasteiger partial charge is 0.346 e. The van der Waals surface area contributed by atoms with E-state index in [1.54, 1.807) is 6.92 Å². The Kier molecular flexibility index (Phi) is 4.51. The van der Waals surface area contributed by atoms with Gasteiger partial charge in [0.05, 0.1) is 5.39 Å². The molecule has 0 bridgehead atoms. The van der Waals surface area contributed by atoms with Gasteiger partial charge in [-0.3, -0.25) is 0 Å². The molecule has 0 fully saturated rings. The topological polar surface area (TPSA) is 95.3 Å². The number of rotatable bonds is 6. The summed E-state index contributed by atoms with van der Waals surface area (Å²) < 4.78 is 0. The molecule has 7 heteroatoms. The Labute approximate surface area is 120 Å². The van der Waals surface area contributed by atoms with E-state index < -0.39 is 5.97 Å². The summed E-state index contributed by atoms with van der Waals surface area (Å²) in [6, 6.07) is 0. The van der Waals surface area contributed by atoms with Gasteiger partial charge in [0.25, 0.3) is 0 Å². The van der Waals surface area contributed by atoms with Gasteiger partial charge in [-0.25, -0.2) is 14.8 Å². The molecule has 2 rings (SSSR count).